The van der Waals surface area contributed by atoms with E-state index in [9.17, 15) is 4.79 Å². The molecule has 0 unspecified atom stereocenters. The van der Waals surface area contributed by atoms with E-state index in [0.29, 0.717) is 16.3 Å². The highest BCUT2D eigenvalue weighted by Crippen LogP contribution is 2.19. The summed E-state index contributed by atoms with van der Waals surface area (Å²) >= 11 is 0. The van der Waals surface area contributed by atoms with Crippen LogP contribution in [-0.2, 0) is 0 Å². The number of allylic oxidation sites excluding steroid dienone is 1. The highest BCUT2D eigenvalue weighted by Gasteiger charge is 2.17. The Bertz CT molecular complexity index is 656. The third kappa shape index (κ3) is 0.969. The van der Waals surface area contributed by atoms with Gasteiger partial charge in [-0.05, 0) is 16.5 Å². The van der Waals surface area contributed by atoms with E-state index in [0.717, 1.165) is 5.56 Å². The predicted molar refractivity (Wildman–Crippen MR) is 52.2 cm³/mol. The fourth-order valence-electron chi connectivity index (χ4n) is 1.76. The number of carboxylic acids is 1. The van der Waals surface area contributed by atoms with Crippen molar-refractivity contribution in [2.45, 2.75) is 0 Å². The van der Waals surface area contributed by atoms with Crippen LogP contribution < -0.4 is 10.6 Å². The minimum absolute atomic E-state index is 0.241. The zero-order valence-corrected chi connectivity index (χ0v) is 7.51. The molecular weight excluding hydrogens is 194 g/mol. The van der Waals surface area contributed by atoms with Gasteiger partial charge in [-0.1, -0.05) is 18.2 Å². The minimum atomic E-state index is -0.962. The van der Waals surface area contributed by atoms with Crippen molar-refractivity contribution in [2.24, 2.45) is 15.4 Å². The van der Waals surface area contributed by atoms with Crippen molar-refractivity contribution in [3.05, 3.63) is 33.8 Å². The maximum Gasteiger partial charge on any atom is 0.336 e. The predicted octanol–water partition coefficient (Wildman–Crippen LogP) is 0.824. The van der Waals surface area contributed by atoms with E-state index in [1.807, 2.05) is 6.08 Å². The van der Waals surface area contributed by atoms with Crippen LogP contribution in [0.2, 0.25) is 0 Å². The molecular formula is C10H5N3O2. The van der Waals surface area contributed by atoms with Gasteiger partial charge in [-0.15, -0.1) is 10.2 Å². The van der Waals surface area contributed by atoms with Gasteiger partial charge >= 0.3 is 5.97 Å². The monoisotopic (exact) mass is 199 g/mol. The summed E-state index contributed by atoms with van der Waals surface area (Å²) in [5, 5.41) is 21.4. The van der Waals surface area contributed by atoms with Crippen LogP contribution in [-0.4, -0.2) is 11.1 Å². The molecule has 0 saturated heterocycles. The number of benzene rings is 1. The molecule has 1 aromatic carbocycles. The quantitative estimate of drug-likeness (QED) is 0.727. The second kappa shape index (κ2) is 2.60. The lowest BCUT2D eigenvalue weighted by atomic mass is 10.1. The van der Waals surface area contributed by atoms with Crippen molar-refractivity contribution in [2.75, 3.05) is 0 Å². The van der Waals surface area contributed by atoms with Crippen LogP contribution in [0.5, 0.6) is 0 Å². The zero-order valence-electron chi connectivity index (χ0n) is 7.51. The maximum atomic E-state index is 11.0. The fourth-order valence-corrected chi connectivity index (χ4v) is 1.76. The van der Waals surface area contributed by atoms with E-state index < -0.39 is 5.97 Å². The van der Waals surface area contributed by atoms with Gasteiger partial charge in [-0.25, -0.2) is 4.79 Å². The molecule has 1 N–H and O–H groups in total. The Kier molecular flexibility index (Phi) is 1.39. The van der Waals surface area contributed by atoms with Gasteiger partial charge in [0.15, 0.2) is 0 Å². The van der Waals surface area contributed by atoms with E-state index in [4.69, 9.17) is 5.11 Å². The molecule has 0 spiro atoms. The summed E-state index contributed by atoms with van der Waals surface area (Å²) in [5.41, 5.74) is 1.68. The number of hydrogen-bond donors (Lipinski definition) is 1. The number of carboxylic acid groups (broad SMARTS) is 1. The number of nitrogens with zero attached hydrogens (tertiary/aromatic N) is 3. The van der Waals surface area contributed by atoms with E-state index in [2.05, 4.69) is 15.4 Å². The molecule has 0 amide bonds. The molecule has 0 bridgehead atoms. The molecule has 3 rings (SSSR count). The lowest BCUT2D eigenvalue weighted by molar-refractivity contribution is 0.0695. The Morgan fingerprint density at radius 1 is 1.40 bits per heavy atom. The van der Waals surface area contributed by atoms with Crippen LogP contribution in [0.15, 0.2) is 27.6 Å². The molecule has 1 heterocycles. The van der Waals surface area contributed by atoms with Crippen molar-refractivity contribution < 1.29 is 9.90 Å². The van der Waals surface area contributed by atoms with Gasteiger partial charge in [-0.3, -0.25) is 0 Å². The first kappa shape index (κ1) is 8.05. The second-order valence-corrected chi connectivity index (χ2v) is 3.24. The highest BCUT2D eigenvalue weighted by atomic mass is 16.4. The van der Waals surface area contributed by atoms with Crippen molar-refractivity contribution >= 4 is 23.8 Å². The molecule has 0 saturated carbocycles. The first-order valence-electron chi connectivity index (χ1n) is 4.35. The summed E-state index contributed by atoms with van der Waals surface area (Å²) in [6.07, 6.45) is 5.37. The number of rotatable bonds is 1. The van der Waals surface area contributed by atoms with Gasteiger partial charge in [0, 0.05) is 5.56 Å². The average molecular weight is 199 g/mol. The minimum Gasteiger partial charge on any atom is -0.478 e. The molecule has 1 aliphatic heterocycles. The lowest BCUT2D eigenvalue weighted by Gasteiger charge is -1.99. The normalized spacial score (nSPS) is 14.4. The second-order valence-electron chi connectivity index (χ2n) is 3.24. The number of fused-ring (bicyclic) bond motifs is 3. The summed E-state index contributed by atoms with van der Waals surface area (Å²) in [6.45, 7) is 0. The van der Waals surface area contributed by atoms with E-state index in [-0.39, 0.29) is 5.56 Å². The summed E-state index contributed by atoms with van der Waals surface area (Å²) in [4.78, 5) is 11.0. The summed E-state index contributed by atoms with van der Waals surface area (Å²) in [7, 11) is 0. The van der Waals surface area contributed by atoms with Crippen molar-refractivity contribution in [1.82, 2.24) is 0 Å². The molecule has 1 aromatic rings. The standard InChI is InChI=1S/C10H5N3O2/c14-10(15)7-4-8-9(12-13-11-8)6-3-1-2-5(6)7/h1-4H,(H,14,15). The molecule has 15 heavy (non-hydrogen) atoms. The molecule has 72 valence electrons. The van der Waals surface area contributed by atoms with E-state index >= 15 is 0 Å². The SMILES string of the molecule is O=C(O)c1cc2c(c3c1=CC=C3)N=NN=2. The molecule has 0 atom stereocenters. The number of aromatic carboxylic acids is 1. The lowest BCUT2D eigenvalue weighted by Crippen LogP contribution is -2.21. The van der Waals surface area contributed by atoms with Crippen LogP contribution >= 0.6 is 0 Å². The zero-order chi connectivity index (χ0) is 10.4. The number of hydrogen-bond acceptors (Lipinski definition) is 4. The Morgan fingerprint density at radius 2 is 2.27 bits per heavy atom. The summed E-state index contributed by atoms with van der Waals surface area (Å²) in [5.74, 6) is -0.962. The van der Waals surface area contributed by atoms with Gasteiger partial charge in [-0.2, -0.15) is 0 Å². The van der Waals surface area contributed by atoms with Gasteiger partial charge in [0.05, 0.1) is 5.56 Å². The van der Waals surface area contributed by atoms with Crippen LogP contribution in [0.1, 0.15) is 15.9 Å². The molecule has 2 aliphatic rings. The van der Waals surface area contributed by atoms with E-state index in [1.165, 1.54) is 6.07 Å². The molecule has 5 nitrogen and oxygen atoms in total. The Morgan fingerprint density at radius 3 is 3.07 bits per heavy atom. The van der Waals surface area contributed by atoms with Gasteiger partial charge < -0.3 is 5.11 Å². The van der Waals surface area contributed by atoms with E-state index in [1.54, 1.807) is 12.2 Å². The van der Waals surface area contributed by atoms with Crippen LogP contribution in [0, 0.1) is 0 Å². The van der Waals surface area contributed by atoms with Crippen LogP contribution in [0.3, 0.4) is 0 Å². The van der Waals surface area contributed by atoms with Gasteiger partial charge in [0.1, 0.15) is 11.0 Å². The molecule has 0 radical (unpaired) electrons. The largest absolute Gasteiger partial charge is 0.478 e. The Balaban J connectivity index is 2.50. The number of carbonyl (C=O) groups is 1. The Hall–Kier alpha value is -2.30. The van der Waals surface area contributed by atoms with Crippen molar-refractivity contribution in [3.63, 3.8) is 0 Å². The fraction of sp³-hybridized carbons (Fsp3) is 0. The van der Waals surface area contributed by atoms with Crippen molar-refractivity contribution in [3.8, 4) is 0 Å². The summed E-state index contributed by atoms with van der Waals surface area (Å²) in [6, 6.07) is 1.50. The van der Waals surface area contributed by atoms with Crippen molar-refractivity contribution in [1.29, 1.82) is 0 Å². The smallest absolute Gasteiger partial charge is 0.336 e. The van der Waals surface area contributed by atoms with Gasteiger partial charge in [0.25, 0.3) is 0 Å². The van der Waals surface area contributed by atoms with Crippen LogP contribution in [0.4, 0.5) is 5.69 Å². The maximum absolute atomic E-state index is 11.0. The average Bonchev–Trinajstić information content (AvgIpc) is 2.83. The third-order valence-electron chi connectivity index (χ3n) is 2.41. The Labute approximate surface area is 83.8 Å². The third-order valence-corrected chi connectivity index (χ3v) is 2.41. The first-order valence-corrected chi connectivity index (χ1v) is 4.35. The first-order chi connectivity index (χ1) is 7.27. The topological polar surface area (TPSA) is 74.4 Å². The molecule has 0 aromatic heterocycles. The molecule has 1 aliphatic carbocycles. The molecule has 5 heteroatoms. The van der Waals surface area contributed by atoms with Crippen LogP contribution in [0.25, 0.3) is 12.2 Å². The summed E-state index contributed by atoms with van der Waals surface area (Å²) < 4.78 is 0. The molecule has 0 fully saturated rings. The highest BCUT2D eigenvalue weighted by molar-refractivity contribution is 5.92. The van der Waals surface area contributed by atoms with Gasteiger partial charge in [0.2, 0.25) is 0 Å².